The predicted molar refractivity (Wildman–Crippen MR) is 44.6 cm³/mol. The summed E-state index contributed by atoms with van der Waals surface area (Å²) in [5.41, 5.74) is 0. The minimum atomic E-state index is 0.201. The topological polar surface area (TPSA) is 32.7 Å². The van der Waals surface area contributed by atoms with E-state index >= 15 is 0 Å². The van der Waals surface area contributed by atoms with Crippen LogP contribution < -0.4 is 0 Å². The first-order valence-electron chi connectivity index (χ1n) is 3.96. The van der Waals surface area contributed by atoms with Gasteiger partial charge in [0.2, 0.25) is 5.91 Å². The maximum Gasteiger partial charge on any atom is 0.229 e. The summed E-state index contributed by atoms with van der Waals surface area (Å²) in [5, 5.41) is 0. The first kappa shape index (κ1) is 8.24. The first-order chi connectivity index (χ1) is 5.13. The number of amidine groups is 1. The van der Waals surface area contributed by atoms with Gasteiger partial charge in [-0.2, -0.15) is 0 Å². The summed E-state index contributed by atoms with van der Waals surface area (Å²) in [6.45, 7) is 6.55. The summed E-state index contributed by atoms with van der Waals surface area (Å²) in [6, 6.07) is 0.242. The molecule has 0 saturated carbocycles. The molecule has 1 aliphatic rings. The number of carbonyl (C=O) groups excluding carboxylic acids is 1. The van der Waals surface area contributed by atoms with Crippen molar-refractivity contribution in [1.82, 2.24) is 4.90 Å². The molecular formula is C8H14N2O. The fourth-order valence-electron chi connectivity index (χ4n) is 1.35. The third-order valence-corrected chi connectivity index (χ3v) is 1.80. The van der Waals surface area contributed by atoms with E-state index in [0.29, 0.717) is 13.0 Å². The molecule has 0 aromatic heterocycles. The zero-order valence-electron chi connectivity index (χ0n) is 7.29. The largest absolute Gasteiger partial charge is 0.298 e. The first-order valence-corrected chi connectivity index (χ1v) is 3.96. The summed E-state index contributed by atoms with van der Waals surface area (Å²) in [5.74, 6) is 1.06. The van der Waals surface area contributed by atoms with Crippen molar-refractivity contribution >= 4 is 11.7 Å². The second-order valence-corrected chi connectivity index (χ2v) is 3.04. The van der Waals surface area contributed by atoms with E-state index in [1.165, 1.54) is 0 Å². The van der Waals surface area contributed by atoms with Crippen molar-refractivity contribution < 1.29 is 4.79 Å². The van der Waals surface area contributed by atoms with Crippen LogP contribution in [0, 0.1) is 0 Å². The van der Waals surface area contributed by atoms with Crippen molar-refractivity contribution in [1.29, 1.82) is 0 Å². The molecule has 0 aliphatic carbocycles. The van der Waals surface area contributed by atoms with E-state index in [0.717, 1.165) is 5.84 Å². The van der Waals surface area contributed by atoms with Gasteiger partial charge in [0.1, 0.15) is 5.84 Å². The zero-order valence-corrected chi connectivity index (χ0v) is 7.29. The Balaban J connectivity index is 2.80. The number of amides is 1. The molecule has 1 rings (SSSR count). The number of aliphatic imine (C=N–C) groups is 1. The van der Waals surface area contributed by atoms with Crippen LogP contribution in [0.1, 0.15) is 27.2 Å². The number of hydrogen-bond acceptors (Lipinski definition) is 2. The standard InChI is InChI=1S/C8H14N2O/c1-6(2)10-7(3)9-5-4-8(10)11/h6H,4-5H2,1-3H3. The van der Waals surface area contributed by atoms with Gasteiger partial charge in [0.15, 0.2) is 0 Å². The van der Waals surface area contributed by atoms with Crippen LogP contribution in [0.5, 0.6) is 0 Å². The smallest absolute Gasteiger partial charge is 0.229 e. The number of nitrogens with zero attached hydrogens (tertiary/aromatic N) is 2. The molecule has 0 bridgehead atoms. The maximum atomic E-state index is 11.3. The molecule has 1 amide bonds. The minimum absolute atomic E-state index is 0.201. The molecule has 0 fully saturated rings. The molecule has 11 heavy (non-hydrogen) atoms. The molecule has 62 valence electrons. The van der Waals surface area contributed by atoms with Gasteiger partial charge >= 0.3 is 0 Å². The van der Waals surface area contributed by atoms with Gasteiger partial charge in [-0.05, 0) is 20.8 Å². The average Bonchev–Trinajstić information content (AvgIpc) is 1.85. The van der Waals surface area contributed by atoms with Crippen LogP contribution in [-0.2, 0) is 4.79 Å². The lowest BCUT2D eigenvalue weighted by atomic mass is 10.2. The molecule has 0 unspecified atom stereocenters. The van der Waals surface area contributed by atoms with Gasteiger partial charge in [0, 0.05) is 19.0 Å². The highest BCUT2D eigenvalue weighted by Crippen LogP contribution is 2.08. The summed E-state index contributed by atoms with van der Waals surface area (Å²) >= 11 is 0. The maximum absolute atomic E-state index is 11.3. The zero-order chi connectivity index (χ0) is 8.43. The van der Waals surface area contributed by atoms with E-state index in [4.69, 9.17) is 0 Å². The summed E-state index contributed by atoms with van der Waals surface area (Å²) in [4.78, 5) is 17.2. The van der Waals surface area contributed by atoms with Gasteiger partial charge in [-0.15, -0.1) is 0 Å². The lowest BCUT2D eigenvalue weighted by Crippen LogP contribution is -2.43. The van der Waals surface area contributed by atoms with Crippen LogP contribution in [0.25, 0.3) is 0 Å². The molecule has 0 spiro atoms. The third-order valence-electron chi connectivity index (χ3n) is 1.80. The fourth-order valence-corrected chi connectivity index (χ4v) is 1.35. The molecule has 0 N–H and O–H groups in total. The summed E-state index contributed by atoms with van der Waals surface area (Å²) in [7, 11) is 0. The second-order valence-electron chi connectivity index (χ2n) is 3.04. The van der Waals surface area contributed by atoms with E-state index in [-0.39, 0.29) is 11.9 Å². The molecule has 3 nitrogen and oxygen atoms in total. The fraction of sp³-hybridized carbons (Fsp3) is 0.750. The highest BCUT2D eigenvalue weighted by Gasteiger charge is 2.21. The Morgan fingerprint density at radius 1 is 1.55 bits per heavy atom. The number of hydrogen-bond donors (Lipinski definition) is 0. The Kier molecular flexibility index (Phi) is 2.27. The van der Waals surface area contributed by atoms with Crippen LogP contribution in [0.3, 0.4) is 0 Å². The van der Waals surface area contributed by atoms with Crippen LogP contribution in [0.2, 0.25) is 0 Å². The predicted octanol–water partition coefficient (Wildman–Crippen LogP) is 1.05. The lowest BCUT2D eigenvalue weighted by Gasteiger charge is -2.28. The van der Waals surface area contributed by atoms with Crippen LogP contribution in [0.4, 0.5) is 0 Å². The van der Waals surface area contributed by atoms with Crippen LogP contribution in [-0.4, -0.2) is 29.2 Å². The molecule has 3 heteroatoms. The highest BCUT2D eigenvalue weighted by atomic mass is 16.2. The lowest BCUT2D eigenvalue weighted by molar-refractivity contribution is -0.128. The quantitative estimate of drug-likeness (QED) is 0.555. The summed E-state index contributed by atoms with van der Waals surface area (Å²) < 4.78 is 0. The van der Waals surface area contributed by atoms with Crippen LogP contribution >= 0.6 is 0 Å². The number of carbonyl (C=O) groups is 1. The molecule has 0 atom stereocenters. The second kappa shape index (κ2) is 3.03. The Morgan fingerprint density at radius 2 is 2.18 bits per heavy atom. The van der Waals surface area contributed by atoms with Crippen molar-refractivity contribution in [3.8, 4) is 0 Å². The normalized spacial score (nSPS) is 19.1. The Labute approximate surface area is 67.1 Å². The van der Waals surface area contributed by atoms with Crippen LogP contribution in [0.15, 0.2) is 4.99 Å². The molecule has 0 aromatic carbocycles. The van der Waals surface area contributed by atoms with Crippen molar-refractivity contribution in [3.05, 3.63) is 0 Å². The van der Waals surface area contributed by atoms with Gasteiger partial charge in [0.05, 0.1) is 0 Å². The monoisotopic (exact) mass is 154 g/mol. The SMILES string of the molecule is CC1=NCCC(=O)N1C(C)C. The van der Waals surface area contributed by atoms with Crippen molar-refractivity contribution in [2.75, 3.05) is 6.54 Å². The minimum Gasteiger partial charge on any atom is -0.298 e. The van der Waals surface area contributed by atoms with E-state index in [9.17, 15) is 4.79 Å². The van der Waals surface area contributed by atoms with E-state index < -0.39 is 0 Å². The van der Waals surface area contributed by atoms with Crippen molar-refractivity contribution in [2.24, 2.45) is 4.99 Å². The van der Waals surface area contributed by atoms with Gasteiger partial charge in [-0.3, -0.25) is 14.7 Å². The Hall–Kier alpha value is -0.860. The summed E-state index contributed by atoms with van der Waals surface area (Å²) in [6.07, 6.45) is 0.565. The highest BCUT2D eigenvalue weighted by molar-refractivity contribution is 5.99. The molecule has 0 aromatic rings. The van der Waals surface area contributed by atoms with E-state index in [1.807, 2.05) is 20.8 Å². The Morgan fingerprint density at radius 3 is 2.55 bits per heavy atom. The van der Waals surface area contributed by atoms with Gasteiger partial charge in [-0.1, -0.05) is 0 Å². The molecule has 0 saturated heterocycles. The molecule has 1 heterocycles. The molecular weight excluding hydrogens is 140 g/mol. The van der Waals surface area contributed by atoms with Crippen molar-refractivity contribution in [3.63, 3.8) is 0 Å². The van der Waals surface area contributed by atoms with E-state index in [2.05, 4.69) is 4.99 Å². The van der Waals surface area contributed by atoms with Gasteiger partial charge < -0.3 is 0 Å². The third kappa shape index (κ3) is 1.59. The number of rotatable bonds is 1. The average molecular weight is 154 g/mol. The molecule has 1 aliphatic heterocycles. The Bertz CT molecular complexity index is 196. The molecule has 0 radical (unpaired) electrons. The van der Waals surface area contributed by atoms with Gasteiger partial charge in [-0.25, -0.2) is 0 Å². The van der Waals surface area contributed by atoms with E-state index in [1.54, 1.807) is 4.90 Å². The van der Waals surface area contributed by atoms with Gasteiger partial charge in [0.25, 0.3) is 0 Å². The van der Waals surface area contributed by atoms with Crippen molar-refractivity contribution in [2.45, 2.75) is 33.2 Å².